The Morgan fingerprint density at radius 1 is 1.19 bits per heavy atom. The zero-order valence-electron chi connectivity index (χ0n) is 17.9. The van der Waals surface area contributed by atoms with E-state index < -0.39 is 15.8 Å². The molecule has 0 fully saturated rings. The highest BCUT2D eigenvalue weighted by atomic mass is 32.2. The average Bonchev–Trinajstić information content (AvgIpc) is 2.65. The topological polar surface area (TPSA) is 141 Å². The summed E-state index contributed by atoms with van der Waals surface area (Å²) in [6.07, 6.45) is 1.92. The van der Waals surface area contributed by atoms with Gasteiger partial charge in [-0.2, -0.15) is 20.2 Å². The highest BCUT2D eigenvalue weighted by Crippen LogP contribution is 2.22. The molecule has 0 saturated heterocycles. The third-order valence-electron chi connectivity index (χ3n) is 4.44. The monoisotopic (exact) mass is 450 g/mol. The first-order valence-electron chi connectivity index (χ1n) is 9.80. The summed E-state index contributed by atoms with van der Waals surface area (Å²) in [6.45, 7) is 5.72. The molecule has 0 aliphatic carbocycles. The normalized spacial score (nSPS) is 13.5. The number of aliphatic hydroxyl groups is 1. The van der Waals surface area contributed by atoms with Crippen molar-refractivity contribution in [3.05, 3.63) is 41.0 Å². The molecule has 0 spiro atoms. The lowest BCUT2D eigenvalue weighted by Gasteiger charge is -2.19. The van der Waals surface area contributed by atoms with E-state index >= 15 is 0 Å². The Hall–Kier alpha value is -2.84. The summed E-state index contributed by atoms with van der Waals surface area (Å²) < 4.78 is 39.5. The summed E-state index contributed by atoms with van der Waals surface area (Å²) in [4.78, 5) is 12.6. The second kappa shape index (κ2) is 10.5. The molecule has 2 rings (SSSR count). The van der Waals surface area contributed by atoms with Crippen molar-refractivity contribution in [1.82, 2.24) is 15.0 Å². The molecule has 1 heterocycles. The van der Waals surface area contributed by atoms with Crippen molar-refractivity contribution in [3.8, 4) is 6.07 Å². The molecular formula is C20H27FN6O3S. The molecule has 1 aromatic carbocycles. The van der Waals surface area contributed by atoms with E-state index in [9.17, 15) is 17.9 Å². The van der Waals surface area contributed by atoms with Gasteiger partial charge in [-0.1, -0.05) is 26.8 Å². The predicted octanol–water partition coefficient (Wildman–Crippen LogP) is 2.42. The first kappa shape index (κ1) is 24.4. The van der Waals surface area contributed by atoms with Gasteiger partial charge < -0.3 is 10.4 Å². The van der Waals surface area contributed by atoms with Gasteiger partial charge in [-0.15, -0.1) is 0 Å². The number of anilines is 2. The Balaban J connectivity index is 2.32. The zero-order valence-corrected chi connectivity index (χ0v) is 18.7. The average molecular weight is 451 g/mol. The number of hydrogen-bond donors (Lipinski definition) is 3. The van der Waals surface area contributed by atoms with Crippen molar-refractivity contribution in [1.29, 1.82) is 5.26 Å². The van der Waals surface area contributed by atoms with Crippen LogP contribution in [0, 0.1) is 23.1 Å². The molecule has 3 N–H and O–H groups in total. The SMILES string of the molecule is CC(C)CC(CO)Nc1nc(CC(C)c2ccc(C#N)c(F)c2)nc(NS(C)(=O)=O)n1. The maximum atomic E-state index is 14.0. The smallest absolute Gasteiger partial charge is 0.241 e. The molecule has 2 aromatic rings. The molecule has 0 amide bonds. The van der Waals surface area contributed by atoms with E-state index in [2.05, 4.69) is 25.0 Å². The summed E-state index contributed by atoms with van der Waals surface area (Å²) in [6, 6.07) is 5.84. The number of hydrogen-bond acceptors (Lipinski definition) is 8. The number of aromatic nitrogens is 3. The third kappa shape index (κ3) is 7.73. The van der Waals surface area contributed by atoms with Crippen molar-refractivity contribution >= 4 is 21.9 Å². The van der Waals surface area contributed by atoms with Crippen LogP contribution in [0.3, 0.4) is 0 Å². The maximum Gasteiger partial charge on any atom is 0.241 e. The van der Waals surface area contributed by atoms with Crippen molar-refractivity contribution in [3.63, 3.8) is 0 Å². The van der Waals surface area contributed by atoms with Crippen molar-refractivity contribution in [2.75, 3.05) is 22.9 Å². The third-order valence-corrected chi connectivity index (χ3v) is 4.99. The second-order valence-corrected chi connectivity index (χ2v) is 9.63. The summed E-state index contributed by atoms with van der Waals surface area (Å²) in [5.74, 6) is -0.229. The standard InChI is InChI=1S/C20H27FN6O3S/c1-12(2)7-16(11-28)23-19-24-18(25-20(26-19)27-31(4,29)30)8-13(3)14-5-6-15(10-22)17(21)9-14/h5-6,9,12-13,16,28H,7-8,11H2,1-4H3,(H2,23,24,25,26,27). The van der Waals surface area contributed by atoms with Crippen LogP contribution < -0.4 is 10.0 Å². The highest BCUT2D eigenvalue weighted by molar-refractivity contribution is 7.91. The fourth-order valence-corrected chi connectivity index (χ4v) is 3.46. The van der Waals surface area contributed by atoms with Gasteiger partial charge in [0.15, 0.2) is 0 Å². The van der Waals surface area contributed by atoms with Crippen LogP contribution in [0.15, 0.2) is 18.2 Å². The van der Waals surface area contributed by atoms with Crippen LogP contribution in [0.25, 0.3) is 0 Å². The number of halogens is 1. The van der Waals surface area contributed by atoms with Gasteiger partial charge in [0, 0.05) is 6.42 Å². The number of nitrogens with zero attached hydrogens (tertiary/aromatic N) is 4. The number of nitriles is 1. The van der Waals surface area contributed by atoms with E-state index in [0.29, 0.717) is 23.7 Å². The molecule has 1 aromatic heterocycles. The van der Waals surface area contributed by atoms with Crippen molar-refractivity contribution in [2.45, 2.75) is 45.6 Å². The lowest BCUT2D eigenvalue weighted by Crippen LogP contribution is -2.27. The van der Waals surface area contributed by atoms with Crippen LogP contribution in [0.4, 0.5) is 16.3 Å². The largest absolute Gasteiger partial charge is 0.394 e. The first-order valence-corrected chi connectivity index (χ1v) is 11.7. The predicted molar refractivity (Wildman–Crippen MR) is 115 cm³/mol. The van der Waals surface area contributed by atoms with E-state index in [4.69, 9.17) is 5.26 Å². The Bertz CT molecular complexity index is 1060. The van der Waals surface area contributed by atoms with Crippen molar-refractivity contribution < 1.29 is 17.9 Å². The molecule has 9 nitrogen and oxygen atoms in total. The highest BCUT2D eigenvalue weighted by Gasteiger charge is 2.17. The van der Waals surface area contributed by atoms with E-state index in [1.807, 2.05) is 20.8 Å². The van der Waals surface area contributed by atoms with Crippen LogP contribution >= 0.6 is 0 Å². The van der Waals surface area contributed by atoms with E-state index in [1.54, 1.807) is 12.1 Å². The lowest BCUT2D eigenvalue weighted by molar-refractivity contribution is 0.259. The molecule has 168 valence electrons. The van der Waals surface area contributed by atoms with Crippen LogP contribution in [0.2, 0.25) is 0 Å². The number of rotatable bonds is 10. The fraction of sp³-hybridized carbons (Fsp3) is 0.500. The molecule has 0 saturated carbocycles. The Kier molecular flexibility index (Phi) is 8.24. The zero-order chi connectivity index (χ0) is 23.2. The lowest BCUT2D eigenvalue weighted by atomic mass is 9.96. The molecule has 31 heavy (non-hydrogen) atoms. The van der Waals surface area contributed by atoms with Gasteiger partial charge in [-0.3, -0.25) is 4.72 Å². The summed E-state index contributed by atoms with van der Waals surface area (Å²) >= 11 is 0. The first-order chi connectivity index (χ1) is 14.5. The van der Waals surface area contributed by atoms with Gasteiger partial charge in [0.25, 0.3) is 0 Å². The minimum atomic E-state index is -3.62. The molecule has 11 heteroatoms. The van der Waals surface area contributed by atoms with Crippen LogP contribution in [-0.2, 0) is 16.4 Å². The van der Waals surface area contributed by atoms with Gasteiger partial charge in [0.05, 0.1) is 24.5 Å². The van der Waals surface area contributed by atoms with Gasteiger partial charge >= 0.3 is 0 Å². The van der Waals surface area contributed by atoms with Gasteiger partial charge in [0.2, 0.25) is 21.9 Å². The molecule has 0 aliphatic rings. The summed E-state index contributed by atoms with van der Waals surface area (Å²) in [7, 11) is -3.62. The quantitative estimate of drug-likeness (QED) is 0.501. The second-order valence-electron chi connectivity index (χ2n) is 7.88. The summed E-state index contributed by atoms with van der Waals surface area (Å²) in [5, 5.41) is 21.5. The fourth-order valence-electron chi connectivity index (χ4n) is 3.04. The Morgan fingerprint density at radius 2 is 1.87 bits per heavy atom. The van der Waals surface area contributed by atoms with Crippen LogP contribution in [0.1, 0.15) is 50.1 Å². The minimum absolute atomic E-state index is 0.0394. The van der Waals surface area contributed by atoms with Gasteiger partial charge in [-0.25, -0.2) is 12.8 Å². The minimum Gasteiger partial charge on any atom is -0.394 e. The molecular weight excluding hydrogens is 423 g/mol. The summed E-state index contributed by atoms with van der Waals surface area (Å²) in [5.41, 5.74) is 0.611. The number of sulfonamides is 1. The Morgan fingerprint density at radius 3 is 2.42 bits per heavy atom. The van der Waals surface area contributed by atoms with Crippen LogP contribution in [0.5, 0.6) is 0 Å². The van der Waals surface area contributed by atoms with E-state index in [0.717, 1.165) is 6.26 Å². The molecule has 2 atom stereocenters. The van der Waals surface area contributed by atoms with E-state index in [1.165, 1.54) is 12.1 Å². The number of aliphatic hydroxyl groups excluding tert-OH is 1. The van der Waals surface area contributed by atoms with Gasteiger partial charge in [0.1, 0.15) is 17.7 Å². The van der Waals surface area contributed by atoms with Gasteiger partial charge in [-0.05, 0) is 36.0 Å². The number of nitrogens with one attached hydrogen (secondary N) is 2. The van der Waals surface area contributed by atoms with E-state index in [-0.39, 0.29) is 42.4 Å². The molecule has 0 radical (unpaired) electrons. The Labute approximate surface area is 181 Å². The molecule has 0 aliphatic heterocycles. The van der Waals surface area contributed by atoms with Crippen molar-refractivity contribution in [2.24, 2.45) is 5.92 Å². The maximum absolute atomic E-state index is 14.0. The molecule has 0 bridgehead atoms. The van der Waals surface area contributed by atoms with Crippen LogP contribution in [-0.4, -0.2) is 47.4 Å². The molecule has 2 unspecified atom stereocenters. The number of benzene rings is 1.